The Balaban J connectivity index is 2.46. The molecule has 1 aromatic rings. The van der Waals surface area contributed by atoms with Crippen molar-refractivity contribution >= 4 is 5.69 Å². The van der Waals surface area contributed by atoms with Crippen LogP contribution in [0, 0.1) is 41.2 Å². The third-order valence-corrected chi connectivity index (χ3v) is 3.38. The van der Waals surface area contributed by atoms with E-state index in [-0.39, 0.29) is 11.6 Å². The van der Waals surface area contributed by atoms with E-state index < -0.39 is 4.92 Å². The molecule has 2 rings (SSSR count). The van der Waals surface area contributed by atoms with Crippen LogP contribution >= 0.6 is 0 Å². The Morgan fingerprint density at radius 3 is 2.65 bits per heavy atom. The molecule has 17 heavy (non-hydrogen) atoms. The average molecular weight is 231 g/mol. The van der Waals surface area contributed by atoms with Crippen LogP contribution in [-0.2, 0) is 0 Å². The molecule has 1 saturated carbocycles. The molecule has 1 aliphatic rings. The Bertz CT molecular complexity index is 515. The molecule has 1 atom stereocenters. The number of nitriles is 1. The van der Waals surface area contributed by atoms with Crippen molar-refractivity contribution in [1.82, 2.24) is 4.98 Å². The van der Waals surface area contributed by atoms with E-state index in [2.05, 4.69) is 11.1 Å². The van der Waals surface area contributed by atoms with Gasteiger partial charge in [-0.2, -0.15) is 5.26 Å². The molecule has 1 aromatic heterocycles. The van der Waals surface area contributed by atoms with Crippen LogP contribution in [0.3, 0.4) is 0 Å². The number of pyridine rings is 1. The third kappa shape index (κ3) is 1.98. The van der Waals surface area contributed by atoms with Crippen molar-refractivity contribution in [3.05, 3.63) is 33.1 Å². The third-order valence-electron chi connectivity index (χ3n) is 3.38. The highest BCUT2D eigenvalue weighted by Crippen LogP contribution is 2.43. The van der Waals surface area contributed by atoms with Crippen LogP contribution < -0.4 is 0 Å². The summed E-state index contributed by atoms with van der Waals surface area (Å²) in [4.78, 5) is 14.5. The summed E-state index contributed by atoms with van der Waals surface area (Å²) in [7, 11) is 0. The van der Waals surface area contributed by atoms with Crippen LogP contribution in [0.15, 0.2) is 6.20 Å². The van der Waals surface area contributed by atoms with E-state index in [1.807, 2.05) is 0 Å². The molecule has 0 aromatic carbocycles. The largest absolute Gasteiger partial charge is 0.290 e. The quantitative estimate of drug-likeness (QED) is 0.591. The topological polar surface area (TPSA) is 79.8 Å². The summed E-state index contributed by atoms with van der Waals surface area (Å²) in [6.07, 6.45) is 3.37. The maximum absolute atomic E-state index is 10.8. The lowest BCUT2D eigenvalue weighted by molar-refractivity contribution is -0.385. The number of hydrogen-bond donors (Lipinski definition) is 0. The van der Waals surface area contributed by atoms with Gasteiger partial charge >= 0.3 is 0 Å². The molecule has 88 valence electrons. The van der Waals surface area contributed by atoms with Gasteiger partial charge in [0.05, 0.1) is 22.6 Å². The van der Waals surface area contributed by atoms with Crippen LogP contribution in [0.2, 0.25) is 0 Å². The number of hydrogen-bond acceptors (Lipinski definition) is 4. The molecule has 0 saturated heterocycles. The summed E-state index contributed by atoms with van der Waals surface area (Å²) in [6, 6.07) is 2.26. The van der Waals surface area contributed by atoms with E-state index in [0.717, 1.165) is 18.4 Å². The predicted octanol–water partition coefficient (Wildman–Crippen LogP) is 2.62. The molecule has 1 fully saturated rings. The fourth-order valence-electron chi connectivity index (χ4n) is 2.03. The van der Waals surface area contributed by atoms with E-state index in [4.69, 9.17) is 5.26 Å². The lowest BCUT2D eigenvalue weighted by atomic mass is 9.94. The fraction of sp³-hybridized carbons (Fsp3) is 0.500. The Hall–Kier alpha value is -1.96. The normalized spacial score (nSPS) is 16.3. The maximum atomic E-state index is 10.8. The van der Waals surface area contributed by atoms with Gasteiger partial charge < -0.3 is 0 Å². The van der Waals surface area contributed by atoms with Gasteiger partial charge in [0.2, 0.25) is 0 Å². The van der Waals surface area contributed by atoms with Gasteiger partial charge in [0.25, 0.3) is 5.69 Å². The molecular weight excluding hydrogens is 218 g/mol. The molecule has 1 unspecified atom stereocenters. The molecule has 5 heteroatoms. The highest BCUT2D eigenvalue weighted by atomic mass is 16.6. The standard InChI is InChI=1S/C12H13N3O2/c1-7-8(2)12(10(5-13)9-3-4-9)14-6-11(7)15(16)17/h6,9-10H,3-4H2,1-2H3. The molecular formula is C12H13N3O2. The van der Waals surface area contributed by atoms with Gasteiger partial charge in [-0.25, -0.2) is 0 Å². The Kier molecular flexibility index (Phi) is 2.80. The first kappa shape index (κ1) is 11.5. The number of nitrogens with zero attached hydrogens (tertiary/aromatic N) is 3. The molecule has 1 aliphatic carbocycles. The van der Waals surface area contributed by atoms with Crippen molar-refractivity contribution in [1.29, 1.82) is 5.26 Å². The smallest absolute Gasteiger partial charge is 0.258 e. The molecule has 0 radical (unpaired) electrons. The predicted molar refractivity (Wildman–Crippen MR) is 61.4 cm³/mol. The van der Waals surface area contributed by atoms with Crippen LogP contribution in [0.4, 0.5) is 5.69 Å². The molecule has 0 aliphatic heterocycles. The second-order valence-corrected chi connectivity index (χ2v) is 4.48. The van der Waals surface area contributed by atoms with E-state index in [9.17, 15) is 10.1 Å². The SMILES string of the molecule is Cc1c([N+](=O)[O-])cnc(C(C#N)C2CC2)c1C. The Labute approximate surface area is 99.2 Å². The number of nitro groups is 1. The fourth-order valence-corrected chi connectivity index (χ4v) is 2.03. The maximum Gasteiger partial charge on any atom is 0.290 e. The first-order chi connectivity index (χ1) is 8.06. The van der Waals surface area contributed by atoms with Gasteiger partial charge in [-0.05, 0) is 38.2 Å². The van der Waals surface area contributed by atoms with Gasteiger partial charge in [-0.3, -0.25) is 15.1 Å². The van der Waals surface area contributed by atoms with E-state index in [0.29, 0.717) is 17.2 Å². The van der Waals surface area contributed by atoms with E-state index in [1.54, 1.807) is 13.8 Å². The summed E-state index contributed by atoms with van der Waals surface area (Å²) in [6.45, 7) is 3.51. The van der Waals surface area contributed by atoms with Crippen molar-refractivity contribution in [2.24, 2.45) is 5.92 Å². The van der Waals surface area contributed by atoms with Gasteiger partial charge in [0, 0.05) is 5.56 Å². The zero-order valence-electron chi connectivity index (χ0n) is 9.80. The molecule has 1 heterocycles. The number of aromatic nitrogens is 1. The summed E-state index contributed by atoms with van der Waals surface area (Å²) in [5.41, 5.74) is 2.12. The summed E-state index contributed by atoms with van der Waals surface area (Å²) < 4.78 is 0. The molecule has 0 amide bonds. The van der Waals surface area contributed by atoms with Crippen LogP contribution in [0.25, 0.3) is 0 Å². The highest BCUT2D eigenvalue weighted by molar-refractivity contribution is 5.46. The van der Waals surface area contributed by atoms with Crippen molar-refractivity contribution < 1.29 is 4.92 Å². The number of rotatable bonds is 3. The lowest BCUT2D eigenvalue weighted by Crippen LogP contribution is -2.07. The first-order valence-electron chi connectivity index (χ1n) is 5.56. The first-order valence-corrected chi connectivity index (χ1v) is 5.56. The lowest BCUT2D eigenvalue weighted by Gasteiger charge is -2.12. The average Bonchev–Trinajstić information content (AvgIpc) is 3.09. The Morgan fingerprint density at radius 2 is 2.18 bits per heavy atom. The zero-order chi connectivity index (χ0) is 12.6. The second kappa shape index (κ2) is 4.13. The van der Waals surface area contributed by atoms with Crippen LogP contribution in [0.1, 0.15) is 35.6 Å². The molecule has 0 N–H and O–H groups in total. The van der Waals surface area contributed by atoms with Gasteiger partial charge in [0.1, 0.15) is 6.20 Å². The highest BCUT2D eigenvalue weighted by Gasteiger charge is 2.35. The molecule has 0 spiro atoms. The summed E-state index contributed by atoms with van der Waals surface area (Å²) in [5, 5.41) is 19.9. The summed E-state index contributed by atoms with van der Waals surface area (Å²) >= 11 is 0. The van der Waals surface area contributed by atoms with Crippen molar-refractivity contribution in [3.63, 3.8) is 0 Å². The van der Waals surface area contributed by atoms with Gasteiger partial charge in [0.15, 0.2) is 0 Å². The Morgan fingerprint density at radius 1 is 1.53 bits per heavy atom. The van der Waals surface area contributed by atoms with Gasteiger partial charge in [-0.15, -0.1) is 0 Å². The van der Waals surface area contributed by atoms with E-state index in [1.165, 1.54) is 6.20 Å². The second-order valence-electron chi connectivity index (χ2n) is 4.48. The van der Waals surface area contributed by atoms with E-state index >= 15 is 0 Å². The van der Waals surface area contributed by atoms with Crippen molar-refractivity contribution in [3.8, 4) is 6.07 Å². The zero-order valence-corrected chi connectivity index (χ0v) is 9.80. The van der Waals surface area contributed by atoms with Gasteiger partial charge in [-0.1, -0.05) is 0 Å². The molecule has 0 bridgehead atoms. The minimum absolute atomic E-state index is 0.0266. The minimum Gasteiger partial charge on any atom is -0.258 e. The monoisotopic (exact) mass is 231 g/mol. The van der Waals surface area contributed by atoms with Crippen molar-refractivity contribution in [2.45, 2.75) is 32.6 Å². The van der Waals surface area contributed by atoms with Crippen molar-refractivity contribution in [2.75, 3.05) is 0 Å². The summed E-state index contributed by atoms with van der Waals surface area (Å²) in [5.74, 6) is 0.168. The molecule has 5 nitrogen and oxygen atoms in total. The van der Waals surface area contributed by atoms with Crippen LogP contribution in [0.5, 0.6) is 0 Å². The minimum atomic E-state index is -0.433. The van der Waals surface area contributed by atoms with Crippen LogP contribution in [-0.4, -0.2) is 9.91 Å².